The van der Waals surface area contributed by atoms with Gasteiger partial charge in [-0.3, -0.25) is 19.9 Å². The van der Waals surface area contributed by atoms with Crippen LogP contribution in [0.3, 0.4) is 0 Å². The van der Waals surface area contributed by atoms with Crippen molar-refractivity contribution in [1.82, 2.24) is 59.8 Å². The minimum atomic E-state index is 0.398. The van der Waals surface area contributed by atoms with Crippen molar-refractivity contribution in [2.24, 2.45) is 0 Å². The topological polar surface area (TPSA) is 197 Å². The van der Waals surface area contributed by atoms with Crippen molar-refractivity contribution >= 4 is 44.1 Å². The van der Waals surface area contributed by atoms with E-state index in [1.807, 2.05) is 121 Å². The van der Waals surface area contributed by atoms with Crippen LogP contribution in [0.2, 0.25) is 0 Å². The number of aromatic amines is 2. The van der Waals surface area contributed by atoms with Crippen molar-refractivity contribution in [2.75, 3.05) is 0 Å². The maximum Gasteiger partial charge on any atom is 0.164 e. The van der Waals surface area contributed by atoms with Crippen LogP contribution in [-0.4, -0.2) is 59.8 Å². The third kappa shape index (κ3) is 7.15. The fraction of sp³-hybridized carbons (Fsp3) is 0. The summed E-state index contributed by atoms with van der Waals surface area (Å²) in [6, 6.07) is 37.5. The van der Waals surface area contributed by atoms with Gasteiger partial charge in [-0.2, -0.15) is 0 Å². The van der Waals surface area contributed by atoms with Crippen LogP contribution < -0.4 is 18.9 Å². The Balaban J connectivity index is 1.08. The molecular weight excluding hydrogens is 857 g/mol. The second kappa shape index (κ2) is 15.9. The van der Waals surface area contributed by atoms with E-state index in [1.54, 1.807) is 49.6 Å². The molecule has 2 N–H and O–H groups in total. The Morgan fingerprint density at radius 1 is 0.279 bits per heavy atom. The van der Waals surface area contributed by atoms with E-state index >= 15 is 0 Å². The van der Waals surface area contributed by atoms with Gasteiger partial charge in [0.25, 0.3) is 0 Å². The molecule has 0 atom stereocenters. The van der Waals surface area contributed by atoms with E-state index in [9.17, 15) is 0 Å². The standard InChI is InChI=1S/C52H30N12O4/c1-5-33(25-53-17-1)65-29-9-13-37-41(21-29)49-57-45(37)62-50-43-23-31(67-35-7-3-19-55-27-35)11-15-39(43)47(59-50)64-52-44-24-32(68-36-8-4-20-56-28-36)12-16-40(44)48(60-52)63-51-42-22-30(66-34-6-2-18-54-26-34)10-14-38(42)46(58-51)61-49/h1-28H,(H2,57,58,59,60,61,62,63,64). The second-order valence-electron chi connectivity index (χ2n) is 15.6. The van der Waals surface area contributed by atoms with E-state index < -0.39 is 0 Å². The van der Waals surface area contributed by atoms with Gasteiger partial charge in [0.05, 0.1) is 24.8 Å². The van der Waals surface area contributed by atoms with Crippen LogP contribution in [0, 0.1) is 0 Å². The average Bonchev–Trinajstić information content (AvgIpc) is 4.10. The Kier molecular flexibility index (Phi) is 9.02. The van der Waals surface area contributed by atoms with Crippen molar-refractivity contribution < 1.29 is 18.9 Å². The van der Waals surface area contributed by atoms with Crippen LogP contribution in [0.5, 0.6) is 46.0 Å². The van der Waals surface area contributed by atoms with E-state index in [0.717, 1.165) is 32.7 Å². The fourth-order valence-corrected chi connectivity index (χ4v) is 8.14. The lowest BCUT2D eigenvalue weighted by Crippen LogP contribution is -1.88. The second-order valence-corrected chi connectivity index (χ2v) is 15.6. The zero-order chi connectivity index (χ0) is 45.0. The molecule has 0 unspecified atom stereocenters. The number of H-pyrrole nitrogens is 2. The molecule has 2 aliphatic heterocycles. The molecule has 0 radical (unpaired) electrons. The predicted molar refractivity (Wildman–Crippen MR) is 253 cm³/mol. The Labute approximate surface area is 384 Å². The van der Waals surface area contributed by atoms with Crippen LogP contribution in [-0.2, 0) is 0 Å². The highest BCUT2D eigenvalue weighted by Gasteiger charge is 2.24. The first-order valence-corrected chi connectivity index (χ1v) is 21.3. The quantitative estimate of drug-likeness (QED) is 0.146. The van der Waals surface area contributed by atoms with Gasteiger partial charge < -0.3 is 28.9 Å². The van der Waals surface area contributed by atoms with Crippen LogP contribution in [0.15, 0.2) is 171 Å². The summed E-state index contributed by atoms with van der Waals surface area (Å²) in [6.07, 6.45) is 13.4. The smallest absolute Gasteiger partial charge is 0.164 e. The zero-order valence-corrected chi connectivity index (χ0v) is 35.3. The molecule has 322 valence electrons. The number of rotatable bonds is 8. The van der Waals surface area contributed by atoms with Gasteiger partial charge in [0.2, 0.25) is 0 Å². The number of pyridine rings is 4. The molecule has 16 nitrogen and oxygen atoms in total. The van der Waals surface area contributed by atoms with Crippen molar-refractivity contribution in [2.45, 2.75) is 0 Å². The molecule has 0 saturated carbocycles. The molecule has 0 saturated heterocycles. The van der Waals surface area contributed by atoms with Crippen molar-refractivity contribution in [3.05, 3.63) is 171 Å². The Morgan fingerprint density at radius 3 is 0.956 bits per heavy atom. The fourth-order valence-electron chi connectivity index (χ4n) is 8.14. The molecule has 68 heavy (non-hydrogen) atoms. The lowest BCUT2D eigenvalue weighted by atomic mass is 10.1. The van der Waals surface area contributed by atoms with Gasteiger partial charge in [-0.15, -0.1) is 0 Å². The van der Waals surface area contributed by atoms with Gasteiger partial charge in [-0.1, -0.05) is 0 Å². The minimum absolute atomic E-state index is 0.398. The summed E-state index contributed by atoms with van der Waals surface area (Å²) in [5, 5.41) is 2.98. The van der Waals surface area contributed by atoms with Crippen LogP contribution in [0.1, 0.15) is 0 Å². The summed E-state index contributed by atoms with van der Waals surface area (Å²) in [6.45, 7) is 0. The largest absolute Gasteiger partial charge is 0.456 e. The first kappa shape index (κ1) is 38.5. The number of hydrogen-bond donors (Lipinski definition) is 2. The SMILES string of the molecule is c1cncc(Oc2ccc3c(c2)-c2nc-3nc3[nH]c(nc4nc(nc5[nH]c(n2)c2ccc(Oc6cccnc6)cc52)-c2ccc(Oc5cccnc5)cc2-4)c2ccc(Oc4cccnc4)cc32)c1. The summed E-state index contributed by atoms with van der Waals surface area (Å²) in [5.41, 5.74) is 4.84. The molecule has 9 heterocycles. The molecule has 0 spiro atoms. The number of benzene rings is 4. The minimum Gasteiger partial charge on any atom is -0.456 e. The molecule has 2 aliphatic rings. The first-order chi connectivity index (χ1) is 33.6. The monoisotopic (exact) mass is 886 g/mol. The molecule has 7 aromatic heterocycles. The maximum atomic E-state index is 6.26. The summed E-state index contributed by atoms with van der Waals surface area (Å²) in [4.78, 5) is 55.0. The Hall–Kier alpha value is -9.96. The molecular formula is C52H30N12O4. The summed E-state index contributed by atoms with van der Waals surface area (Å²) in [7, 11) is 0. The molecule has 0 fully saturated rings. The maximum absolute atomic E-state index is 6.26. The lowest BCUT2D eigenvalue weighted by Gasteiger charge is -2.07. The lowest BCUT2D eigenvalue weighted by molar-refractivity contribution is 0.480. The molecule has 11 aromatic rings. The van der Waals surface area contributed by atoms with Gasteiger partial charge in [-0.05, 0) is 121 Å². The highest BCUT2D eigenvalue weighted by atomic mass is 16.5. The van der Waals surface area contributed by atoms with E-state index in [0.29, 0.717) is 103 Å². The average molecular weight is 887 g/mol. The van der Waals surface area contributed by atoms with E-state index in [-0.39, 0.29) is 0 Å². The van der Waals surface area contributed by atoms with Crippen molar-refractivity contribution in [3.8, 4) is 91.5 Å². The molecule has 0 amide bonds. The Morgan fingerprint density at radius 2 is 0.603 bits per heavy atom. The summed E-state index contributed by atoms with van der Waals surface area (Å²) < 4.78 is 25.0. The number of nitrogens with one attached hydrogen (secondary N) is 2. The normalized spacial score (nSPS) is 11.5. The number of hydrogen-bond acceptors (Lipinski definition) is 14. The highest BCUT2D eigenvalue weighted by Crippen LogP contribution is 2.41. The van der Waals surface area contributed by atoms with Gasteiger partial charge in [0.1, 0.15) is 68.6 Å². The molecule has 8 bridgehead atoms. The predicted octanol–water partition coefficient (Wildman–Crippen LogP) is 11.6. The molecule has 0 aliphatic carbocycles. The van der Waals surface area contributed by atoms with Crippen molar-refractivity contribution in [3.63, 3.8) is 0 Å². The van der Waals surface area contributed by atoms with E-state index in [4.69, 9.17) is 48.9 Å². The van der Waals surface area contributed by atoms with Crippen LogP contribution in [0.25, 0.3) is 89.7 Å². The first-order valence-electron chi connectivity index (χ1n) is 21.3. The van der Waals surface area contributed by atoms with Crippen LogP contribution >= 0.6 is 0 Å². The third-order valence-corrected chi connectivity index (χ3v) is 11.2. The number of aromatic nitrogens is 12. The molecule has 13 rings (SSSR count). The summed E-state index contributed by atoms with van der Waals surface area (Å²) in [5.74, 6) is 6.24. The number of nitrogens with zero attached hydrogens (tertiary/aromatic N) is 10. The number of ether oxygens (including phenoxy) is 4. The van der Waals surface area contributed by atoms with Gasteiger partial charge in [-0.25, -0.2) is 29.9 Å². The Bertz CT molecular complexity index is 3670. The van der Waals surface area contributed by atoms with Gasteiger partial charge in [0.15, 0.2) is 23.3 Å². The summed E-state index contributed by atoms with van der Waals surface area (Å²) >= 11 is 0. The van der Waals surface area contributed by atoms with Crippen LogP contribution in [0.4, 0.5) is 0 Å². The van der Waals surface area contributed by atoms with Crippen molar-refractivity contribution in [1.29, 1.82) is 0 Å². The van der Waals surface area contributed by atoms with E-state index in [2.05, 4.69) is 29.9 Å². The third-order valence-electron chi connectivity index (χ3n) is 11.2. The van der Waals surface area contributed by atoms with E-state index in [1.165, 1.54) is 0 Å². The number of fused-ring (bicyclic) bond motifs is 20. The zero-order valence-electron chi connectivity index (χ0n) is 35.3. The van der Waals surface area contributed by atoms with Gasteiger partial charge in [0, 0.05) is 68.6 Å². The highest BCUT2D eigenvalue weighted by molar-refractivity contribution is 6.07. The molecule has 4 aromatic carbocycles. The molecule has 16 heteroatoms. The van der Waals surface area contributed by atoms with Gasteiger partial charge >= 0.3 is 0 Å².